The van der Waals surface area contributed by atoms with Crippen LogP contribution < -0.4 is 5.32 Å². The highest BCUT2D eigenvalue weighted by molar-refractivity contribution is 7.47. The number of phosphoric acid groups is 1. The van der Waals surface area contributed by atoms with Crippen molar-refractivity contribution in [2.45, 2.75) is 219 Å². The van der Waals surface area contributed by atoms with Crippen LogP contribution in [0.4, 0.5) is 0 Å². The highest BCUT2D eigenvalue weighted by Crippen LogP contribution is 2.43. The Morgan fingerprint density at radius 1 is 0.607 bits per heavy atom. The van der Waals surface area contributed by atoms with E-state index in [1.807, 2.05) is 27.2 Å². The zero-order chi connectivity index (χ0) is 41.4. The third kappa shape index (κ3) is 40.9. The van der Waals surface area contributed by atoms with E-state index in [1.165, 1.54) is 135 Å². The van der Waals surface area contributed by atoms with Gasteiger partial charge in [-0.15, -0.1) is 0 Å². The van der Waals surface area contributed by atoms with Gasteiger partial charge in [-0.05, 0) is 51.4 Å². The molecule has 0 bridgehead atoms. The molecule has 8 nitrogen and oxygen atoms in total. The van der Waals surface area contributed by atoms with Gasteiger partial charge >= 0.3 is 7.82 Å². The SMILES string of the molecule is CCCCCCCCCCC/C=C\C/C=C\CCCCCCCCCC(=O)NC(COP(=O)(O)OCC[N+](C)(C)C)C(O)/C=C/CCCCCCCCCCC. The van der Waals surface area contributed by atoms with E-state index < -0.39 is 20.0 Å². The first-order chi connectivity index (χ1) is 27.0. The van der Waals surface area contributed by atoms with Crippen LogP contribution >= 0.6 is 7.82 Å². The lowest BCUT2D eigenvalue weighted by molar-refractivity contribution is -0.870. The van der Waals surface area contributed by atoms with Crippen molar-refractivity contribution < 1.29 is 32.9 Å². The standard InChI is InChI=1S/C47H91N2O6P/c1-6-8-10-12-14-16-18-19-20-21-22-23-24-25-26-27-28-29-31-33-35-37-39-41-47(51)48-45(44-55-56(52,53)54-43-42-49(3,4)5)46(50)40-38-36-34-32-30-17-15-13-11-9-7-2/h22-23,25-26,38,40,45-46,50H,6-21,24,27-37,39,41-44H2,1-5H3,(H-,48,51,52,53)/p+1/b23-22-,26-25-,40-38+. The number of hydrogen-bond donors (Lipinski definition) is 3. The first kappa shape index (κ1) is 54.7. The van der Waals surface area contributed by atoms with Crippen LogP contribution in [0.2, 0.25) is 0 Å². The molecule has 0 aromatic rings. The van der Waals surface area contributed by atoms with Crippen LogP contribution in [0.25, 0.3) is 0 Å². The minimum Gasteiger partial charge on any atom is -0.387 e. The van der Waals surface area contributed by atoms with Gasteiger partial charge in [0.15, 0.2) is 0 Å². The molecule has 0 aromatic carbocycles. The molecule has 1 amide bonds. The number of unbranched alkanes of at least 4 members (excludes halogenated alkanes) is 25. The topological polar surface area (TPSA) is 105 Å². The largest absolute Gasteiger partial charge is 0.472 e. The molecule has 0 aliphatic heterocycles. The van der Waals surface area contributed by atoms with Crippen LogP contribution in [0.15, 0.2) is 36.5 Å². The van der Waals surface area contributed by atoms with Gasteiger partial charge in [-0.2, -0.15) is 0 Å². The van der Waals surface area contributed by atoms with Crippen LogP contribution in [0.3, 0.4) is 0 Å². The second-order valence-electron chi connectivity index (χ2n) is 17.1. The Morgan fingerprint density at radius 2 is 1.02 bits per heavy atom. The summed E-state index contributed by atoms with van der Waals surface area (Å²) in [6.45, 7) is 4.79. The first-order valence-electron chi connectivity index (χ1n) is 23.4. The monoisotopic (exact) mass is 812 g/mol. The van der Waals surface area contributed by atoms with Crippen molar-refractivity contribution in [3.63, 3.8) is 0 Å². The zero-order valence-electron chi connectivity index (χ0n) is 37.4. The molecule has 0 rings (SSSR count). The smallest absolute Gasteiger partial charge is 0.387 e. The molecule has 0 saturated carbocycles. The summed E-state index contributed by atoms with van der Waals surface area (Å²) in [4.78, 5) is 23.1. The number of aliphatic hydroxyl groups is 1. The maximum atomic E-state index is 12.9. The first-order valence-corrected chi connectivity index (χ1v) is 24.9. The molecule has 56 heavy (non-hydrogen) atoms. The number of hydrogen-bond acceptors (Lipinski definition) is 5. The molecule has 0 heterocycles. The Labute approximate surface area is 347 Å². The number of nitrogens with one attached hydrogen (secondary N) is 1. The molecular weight excluding hydrogens is 719 g/mol. The number of carbonyl (C=O) groups is 1. The average Bonchev–Trinajstić information content (AvgIpc) is 3.15. The van der Waals surface area contributed by atoms with Gasteiger partial charge in [0.05, 0.1) is 39.9 Å². The molecule has 9 heteroatoms. The van der Waals surface area contributed by atoms with E-state index in [1.54, 1.807) is 6.08 Å². The second kappa shape index (κ2) is 39.2. The van der Waals surface area contributed by atoms with Crippen molar-refractivity contribution in [2.24, 2.45) is 0 Å². The van der Waals surface area contributed by atoms with Crippen LogP contribution in [0.1, 0.15) is 206 Å². The number of aliphatic hydroxyl groups excluding tert-OH is 1. The molecule has 0 spiro atoms. The second-order valence-corrected chi connectivity index (χ2v) is 18.6. The van der Waals surface area contributed by atoms with Gasteiger partial charge < -0.3 is 19.8 Å². The minimum atomic E-state index is -4.34. The number of likely N-dealkylation sites (N-methyl/N-ethyl adjacent to an activating group) is 1. The number of allylic oxidation sites excluding steroid dienone is 5. The van der Waals surface area contributed by atoms with E-state index in [4.69, 9.17) is 9.05 Å². The van der Waals surface area contributed by atoms with E-state index in [2.05, 4.69) is 43.5 Å². The Hall–Kier alpha value is -1.28. The fourth-order valence-electron chi connectivity index (χ4n) is 6.60. The molecule has 0 aliphatic rings. The van der Waals surface area contributed by atoms with E-state index in [0.717, 1.165) is 51.4 Å². The molecule has 0 fully saturated rings. The highest BCUT2D eigenvalue weighted by Gasteiger charge is 2.27. The van der Waals surface area contributed by atoms with Gasteiger partial charge in [-0.3, -0.25) is 13.8 Å². The molecule has 3 atom stereocenters. The van der Waals surface area contributed by atoms with E-state index in [0.29, 0.717) is 17.4 Å². The Balaban J connectivity index is 4.29. The zero-order valence-corrected chi connectivity index (χ0v) is 38.3. The Kier molecular flexibility index (Phi) is 38.3. The number of rotatable bonds is 42. The van der Waals surface area contributed by atoms with E-state index in [9.17, 15) is 19.4 Å². The summed E-state index contributed by atoms with van der Waals surface area (Å²) in [5.41, 5.74) is 0. The lowest BCUT2D eigenvalue weighted by Gasteiger charge is -2.25. The van der Waals surface area contributed by atoms with Crippen molar-refractivity contribution in [1.29, 1.82) is 0 Å². The third-order valence-electron chi connectivity index (χ3n) is 10.4. The predicted molar refractivity (Wildman–Crippen MR) is 240 cm³/mol. The van der Waals surface area contributed by atoms with E-state index >= 15 is 0 Å². The van der Waals surface area contributed by atoms with Gasteiger partial charge in [-0.1, -0.05) is 185 Å². The van der Waals surface area contributed by atoms with Crippen LogP contribution in [0.5, 0.6) is 0 Å². The number of amides is 1. The number of quaternary nitrogens is 1. The molecule has 0 saturated heterocycles. The summed E-state index contributed by atoms with van der Waals surface area (Å²) in [5.74, 6) is -0.186. The average molecular weight is 812 g/mol. The molecule has 330 valence electrons. The van der Waals surface area contributed by atoms with Crippen LogP contribution in [0, 0.1) is 0 Å². The lowest BCUT2D eigenvalue weighted by atomic mass is 10.1. The van der Waals surface area contributed by atoms with Gasteiger partial charge in [0.1, 0.15) is 13.2 Å². The van der Waals surface area contributed by atoms with Crippen LogP contribution in [-0.2, 0) is 18.4 Å². The van der Waals surface area contributed by atoms with Gasteiger partial charge in [-0.25, -0.2) is 4.57 Å². The Morgan fingerprint density at radius 3 is 1.46 bits per heavy atom. The van der Waals surface area contributed by atoms with Crippen molar-refractivity contribution in [1.82, 2.24) is 5.32 Å². The number of phosphoric ester groups is 1. The number of carbonyl (C=O) groups excluding carboxylic acids is 1. The minimum absolute atomic E-state index is 0.0594. The van der Waals surface area contributed by atoms with Gasteiger partial charge in [0, 0.05) is 6.42 Å². The highest BCUT2D eigenvalue weighted by atomic mass is 31.2. The van der Waals surface area contributed by atoms with Crippen molar-refractivity contribution in [2.75, 3.05) is 40.9 Å². The third-order valence-corrected chi connectivity index (χ3v) is 11.3. The summed E-state index contributed by atoms with van der Waals surface area (Å²) in [7, 11) is 1.56. The fraction of sp³-hybridized carbons (Fsp3) is 0.851. The van der Waals surface area contributed by atoms with Gasteiger partial charge in [0.2, 0.25) is 5.91 Å². The predicted octanol–water partition coefficient (Wildman–Crippen LogP) is 13.1. The van der Waals surface area contributed by atoms with Crippen molar-refractivity contribution in [3.8, 4) is 0 Å². The summed E-state index contributed by atoms with van der Waals surface area (Å²) < 4.78 is 23.5. The van der Waals surface area contributed by atoms with Crippen molar-refractivity contribution in [3.05, 3.63) is 36.5 Å². The summed E-state index contributed by atoms with van der Waals surface area (Å²) in [6, 6.07) is -0.848. The Bertz CT molecular complexity index is 1010. The molecular formula is C47H92N2O6P+. The molecule has 3 N–H and O–H groups in total. The summed E-state index contributed by atoms with van der Waals surface area (Å²) in [6.07, 6.45) is 47.9. The van der Waals surface area contributed by atoms with Gasteiger partial charge in [0.25, 0.3) is 0 Å². The maximum Gasteiger partial charge on any atom is 0.472 e. The number of nitrogens with zero attached hydrogens (tertiary/aromatic N) is 1. The normalized spacial score (nSPS) is 14.6. The summed E-state index contributed by atoms with van der Waals surface area (Å²) >= 11 is 0. The van der Waals surface area contributed by atoms with Crippen LogP contribution in [-0.4, -0.2) is 73.4 Å². The van der Waals surface area contributed by atoms with Crippen molar-refractivity contribution >= 4 is 13.7 Å². The quantitative estimate of drug-likeness (QED) is 0.0245. The van der Waals surface area contributed by atoms with E-state index in [-0.39, 0.29) is 19.1 Å². The summed E-state index contributed by atoms with van der Waals surface area (Å²) in [5, 5.41) is 13.8. The maximum absolute atomic E-state index is 12.9. The molecule has 3 unspecified atom stereocenters. The molecule has 0 radical (unpaired) electrons. The lowest BCUT2D eigenvalue weighted by Crippen LogP contribution is -2.45. The molecule has 0 aromatic heterocycles. The fourth-order valence-corrected chi connectivity index (χ4v) is 7.34. The molecule has 0 aliphatic carbocycles.